The summed E-state index contributed by atoms with van der Waals surface area (Å²) in [6.07, 6.45) is 0. The molecule has 0 fully saturated rings. The maximum atomic E-state index is 13.3. The van der Waals surface area contributed by atoms with Crippen LogP contribution in [-0.4, -0.2) is 18.2 Å². The average molecular weight is 305 g/mol. The number of nitrogens with two attached hydrogens (primary N) is 1. The van der Waals surface area contributed by atoms with Gasteiger partial charge in [0, 0.05) is 11.6 Å². The molecule has 3 nitrogen and oxygen atoms in total. The van der Waals surface area contributed by atoms with Gasteiger partial charge >= 0.3 is 0 Å². The summed E-state index contributed by atoms with van der Waals surface area (Å²) in [5.74, 6) is 0.871. The number of thiocarbonyl (C=S) groups is 1. The van der Waals surface area contributed by atoms with Crippen LogP contribution in [0.3, 0.4) is 0 Å². The van der Waals surface area contributed by atoms with Crippen molar-refractivity contribution in [1.82, 2.24) is 0 Å². The van der Waals surface area contributed by atoms with Crippen molar-refractivity contribution in [3.63, 3.8) is 0 Å². The van der Waals surface area contributed by atoms with Crippen LogP contribution in [0.15, 0.2) is 42.5 Å². The molecule has 0 unspecified atom stereocenters. The van der Waals surface area contributed by atoms with Crippen LogP contribution in [0.2, 0.25) is 0 Å². The predicted molar refractivity (Wildman–Crippen MR) is 84.5 cm³/mol. The van der Waals surface area contributed by atoms with Gasteiger partial charge in [0.05, 0.1) is 0 Å². The number of benzene rings is 2. The Bertz CT molecular complexity index is 646. The molecular formula is C16H16FNO2S. The van der Waals surface area contributed by atoms with Crippen molar-refractivity contribution in [3.05, 3.63) is 59.4 Å². The van der Waals surface area contributed by atoms with E-state index in [1.807, 2.05) is 18.2 Å². The molecule has 0 spiro atoms. The van der Waals surface area contributed by atoms with Crippen LogP contribution in [0.4, 0.5) is 4.39 Å². The van der Waals surface area contributed by atoms with Crippen LogP contribution < -0.4 is 15.2 Å². The van der Waals surface area contributed by atoms with Crippen molar-refractivity contribution in [2.75, 3.05) is 13.2 Å². The van der Waals surface area contributed by atoms with Crippen molar-refractivity contribution >= 4 is 17.2 Å². The van der Waals surface area contributed by atoms with Gasteiger partial charge in [0.15, 0.2) is 0 Å². The third-order valence-corrected chi connectivity index (χ3v) is 3.12. The predicted octanol–water partition coefficient (Wildman–Crippen LogP) is 3.23. The van der Waals surface area contributed by atoms with E-state index in [1.54, 1.807) is 25.1 Å². The Hall–Kier alpha value is -2.14. The smallest absolute Gasteiger partial charge is 0.129 e. The molecule has 2 aromatic rings. The number of ether oxygens (including phenoxy) is 2. The standard InChI is InChI=1S/C16H16FNO2S/c1-11-5-6-14(10-15(11)17)20-8-7-19-13-4-2-3-12(9-13)16(18)21/h2-6,9-10H,7-8H2,1H3,(H2,18,21). The second-order valence-electron chi connectivity index (χ2n) is 4.50. The number of hydrogen-bond acceptors (Lipinski definition) is 3. The molecule has 5 heteroatoms. The van der Waals surface area contributed by atoms with Crippen LogP contribution in [0.25, 0.3) is 0 Å². The van der Waals surface area contributed by atoms with Gasteiger partial charge in [-0.05, 0) is 30.7 Å². The highest BCUT2D eigenvalue weighted by atomic mass is 32.1. The Labute approximate surface area is 128 Å². The summed E-state index contributed by atoms with van der Waals surface area (Å²) in [6, 6.07) is 12.0. The van der Waals surface area contributed by atoms with Gasteiger partial charge in [-0.3, -0.25) is 0 Å². The Kier molecular flexibility index (Phi) is 5.11. The summed E-state index contributed by atoms with van der Waals surface area (Å²) >= 11 is 4.91. The van der Waals surface area contributed by atoms with E-state index >= 15 is 0 Å². The summed E-state index contributed by atoms with van der Waals surface area (Å²) in [7, 11) is 0. The SMILES string of the molecule is Cc1ccc(OCCOc2cccc(C(N)=S)c2)cc1F. The molecule has 0 atom stereocenters. The van der Waals surface area contributed by atoms with Crippen molar-refractivity contribution < 1.29 is 13.9 Å². The fourth-order valence-corrected chi connectivity index (χ4v) is 1.85. The highest BCUT2D eigenvalue weighted by molar-refractivity contribution is 7.80. The molecule has 0 amide bonds. The van der Waals surface area contributed by atoms with Gasteiger partial charge in [0.25, 0.3) is 0 Å². The maximum absolute atomic E-state index is 13.3. The van der Waals surface area contributed by atoms with Crippen LogP contribution in [0.1, 0.15) is 11.1 Å². The first-order chi connectivity index (χ1) is 10.1. The number of hydrogen-bond donors (Lipinski definition) is 1. The summed E-state index contributed by atoms with van der Waals surface area (Å²) < 4.78 is 24.3. The molecule has 0 aliphatic rings. The normalized spacial score (nSPS) is 10.2. The van der Waals surface area contributed by atoms with Crippen LogP contribution >= 0.6 is 12.2 Å². The van der Waals surface area contributed by atoms with Gasteiger partial charge in [0.2, 0.25) is 0 Å². The van der Waals surface area contributed by atoms with Gasteiger partial charge in [0.1, 0.15) is 35.5 Å². The minimum atomic E-state index is -0.280. The molecular weight excluding hydrogens is 289 g/mol. The molecule has 2 rings (SSSR count). The summed E-state index contributed by atoms with van der Waals surface area (Å²) in [5, 5.41) is 0. The molecule has 0 radical (unpaired) electrons. The monoisotopic (exact) mass is 305 g/mol. The minimum Gasteiger partial charge on any atom is -0.490 e. The van der Waals surface area contributed by atoms with E-state index in [1.165, 1.54) is 6.07 Å². The van der Waals surface area contributed by atoms with E-state index in [0.29, 0.717) is 35.3 Å². The molecule has 0 aliphatic heterocycles. The zero-order chi connectivity index (χ0) is 15.2. The topological polar surface area (TPSA) is 44.5 Å². The third kappa shape index (κ3) is 4.43. The fraction of sp³-hybridized carbons (Fsp3) is 0.188. The van der Waals surface area contributed by atoms with Gasteiger partial charge in [-0.1, -0.05) is 30.4 Å². The number of halogens is 1. The van der Waals surface area contributed by atoms with E-state index in [2.05, 4.69) is 0 Å². The molecule has 21 heavy (non-hydrogen) atoms. The molecule has 0 bridgehead atoms. The van der Waals surface area contributed by atoms with E-state index in [0.717, 1.165) is 5.56 Å². The molecule has 0 aromatic heterocycles. The van der Waals surface area contributed by atoms with Crippen molar-refractivity contribution in [3.8, 4) is 11.5 Å². The Morgan fingerprint density at radius 1 is 1.10 bits per heavy atom. The van der Waals surface area contributed by atoms with Crippen LogP contribution in [0, 0.1) is 12.7 Å². The second kappa shape index (κ2) is 7.04. The largest absolute Gasteiger partial charge is 0.490 e. The molecule has 0 aliphatic carbocycles. The first-order valence-electron chi connectivity index (χ1n) is 6.48. The molecule has 0 saturated heterocycles. The molecule has 110 valence electrons. The van der Waals surface area contributed by atoms with Crippen LogP contribution in [-0.2, 0) is 0 Å². The third-order valence-electron chi connectivity index (χ3n) is 2.88. The molecule has 2 N–H and O–H groups in total. The number of rotatable bonds is 6. The molecule has 0 saturated carbocycles. The Morgan fingerprint density at radius 2 is 1.76 bits per heavy atom. The van der Waals surface area contributed by atoms with E-state index in [4.69, 9.17) is 27.4 Å². The van der Waals surface area contributed by atoms with Crippen molar-refractivity contribution in [2.45, 2.75) is 6.92 Å². The molecule has 0 heterocycles. The Balaban J connectivity index is 1.83. The van der Waals surface area contributed by atoms with Crippen LogP contribution in [0.5, 0.6) is 11.5 Å². The maximum Gasteiger partial charge on any atom is 0.129 e. The summed E-state index contributed by atoms with van der Waals surface area (Å²) in [4.78, 5) is 0.326. The summed E-state index contributed by atoms with van der Waals surface area (Å²) in [6.45, 7) is 2.37. The van der Waals surface area contributed by atoms with Crippen molar-refractivity contribution in [1.29, 1.82) is 0 Å². The Morgan fingerprint density at radius 3 is 2.38 bits per heavy atom. The highest BCUT2D eigenvalue weighted by Gasteiger charge is 2.02. The van der Waals surface area contributed by atoms with Gasteiger partial charge in [-0.25, -0.2) is 4.39 Å². The average Bonchev–Trinajstić information content (AvgIpc) is 2.47. The van der Waals surface area contributed by atoms with E-state index in [9.17, 15) is 4.39 Å². The van der Waals surface area contributed by atoms with Crippen molar-refractivity contribution in [2.24, 2.45) is 5.73 Å². The highest BCUT2D eigenvalue weighted by Crippen LogP contribution is 2.16. The second-order valence-corrected chi connectivity index (χ2v) is 4.94. The fourth-order valence-electron chi connectivity index (χ4n) is 1.72. The first-order valence-corrected chi connectivity index (χ1v) is 6.89. The lowest BCUT2D eigenvalue weighted by atomic mass is 10.2. The van der Waals surface area contributed by atoms with E-state index in [-0.39, 0.29) is 5.82 Å². The first kappa shape index (κ1) is 15.3. The molecule has 2 aromatic carbocycles. The zero-order valence-corrected chi connectivity index (χ0v) is 12.5. The lowest BCUT2D eigenvalue weighted by molar-refractivity contribution is 0.216. The van der Waals surface area contributed by atoms with Gasteiger partial charge in [-0.15, -0.1) is 0 Å². The lowest BCUT2D eigenvalue weighted by Crippen LogP contribution is -2.11. The van der Waals surface area contributed by atoms with Gasteiger partial charge < -0.3 is 15.2 Å². The van der Waals surface area contributed by atoms with E-state index < -0.39 is 0 Å². The quantitative estimate of drug-likeness (QED) is 0.657. The minimum absolute atomic E-state index is 0.280. The number of aryl methyl sites for hydroxylation is 1. The summed E-state index contributed by atoms with van der Waals surface area (Å²) in [5.41, 5.74) is 6.90. The zero-order valence-electron chi connectivity index (χ0n) is 11.6. The van der Waals surface area contributed by atoms with Gasteiger partial charge in [-0.2, -0.15) is 0 Å². The lowest BCUT2D eigenvalue weighted by Gasteiger charge is -2.09.